The molecule has 2 aromatic rings. The third-order valence-electron chi connectivity index (χ3n) is 2.73. The van der Waals surface area contributed by atoms with Crippen molar-refractivity contribution in [1.29, 1.82) is 10.5 Å². The Morgan fingerprint density at radius 3 is 2.56 bits per heavy atom. The molecule has 0 spiro atoms. The molecule has 0 bridgehead atoms. The molecule has 3 nitrogen and oxygen atoms in total. The van der Waals surface area contributed by atoms with Gasteiger partial charge in [0.15, 0.2) is 0 Å². The Morgan fingerprint density at radius 1 is 1.11 bits per heavy atom. The van der Waals surface area contributed by atoms with Gasteiger partial charge in [0.25, 0.3) is 0 Å². The van der Waals surface area contributed by atoms with Gasteiger partial charge in [-0.25, -0.2) is 4.40 Å². The van der Waals surface area contributed by atoms with E-state index < -0.39 is 0 Å². The summed E-state index contributed by atoms with van der Waals surface area (Å²) in [5, 5.41) is 21.6. The lowest BCUT2D eigenvalue weighted by Gasteiger charge is -2.00. The number of nitrogens with zero attached hydrogens (tertiary/aromatic N) is 3. The number of hydrogen-bond donors (Lipinski definition) is 0. The largest absolute Gasteiger partial charge is 0.203 e. The molecule has 18 heavy (non-hydrogen) atoms. The standard InChI is InChI=1S/C13H5N3S2/c14-6-8(7-15)11-5-12-13(16-18-17-12)10-4-2-1-3-9(10)11/h1-5H. The maximum atomic E-state index is 9.04. The predicted octanol–water partition coefficient (Wildman–Crippen LogP) is 2.33. The van der Waals surface area contributed by atoms with Crippen LogP contribution in [0.1, 0.15) is 0 Å². The van der Waals surface area contributed by atoms with Crippen LogP contribution in [-0.2, 0) is 0 Å². The minimum absolute atomic E-state index is 0.145. The first-order valence-electron chi connectivity index (χ1n) is 5.13. The molecule has 0 amide bonds. The molecule has 0 N–H and O–H groups in total. The van der Waals surface area contributed by atoms with E-state index in [1.165, 1.54) is 11.0 Å². The van der Waals surface area contributed by atoms with E-state index >= 15 is 0 Å². The van der Waals surface area contributed by atoms with Crippen LogP contribution < -0.4 is 10.6 Å². The molecule has 1 heterocycles. The van der Waals surface area contributed by atoms with Crippen molar-refractivity contribution in [2.45, 2.75) is 4.90 Å². The summed E-state index contributed by atoms with van der Waals surface area (Å²) < 4.78 is 4.38. The van der Waals surface area contributed by atoms with Crippen LogP contribution in [0.3, 0.4) is 0 Å². The third-order valence-corrected chi connectivity index (χ3v) is 4.54. The molecule has 2 aromatic carbocycles. The highest BCUT2D eigenvalue weighted by atomic mass is 33.1. The number of benzene rings is 2. The molecule has 0 saturated heterocycles. The Kier molecular flexibility index (Phi) is 2.71. The normalized spacial score (nSPS) is 12.3. The summed E-state index contributed by atoms with van der Waals surface area (Å²) >= 11 is 0. The monoisotopic (exact) mass is 267 g/mol. The fourth-order valence-electron chi connectivity index (χ4n) is 1.94. The van der Waals surface area contributed by atoms with E-state index in [0.717, 1.165) is 21.0 Å². The summed E-state index contributed by atoms with van der Waals surface area (Å²) in [6, 6.07) is 13.5. The molecule has 0 fully saturated rings. The van der Waals surface area contributed by atoms with Crippen LogP contribution in [-0.4, -0.2) is 0 Å². The minimum atomic E-state index is 0.145. The van der Waals surface area contributed by atoms with Crippen molar-refractivity contribution < 1.29 is 0 Å². The first-order valence-corrected chi connectivity index (χ1v) is 7.24. The van der Waals surface area contributed by atoms with Gasteiger partial charge in [-0.05, 0) is 22.2 Å². The van der Waals surface area contributed by atoms with Gasteiger partial charge in [0, 0.05) is 26.5 Å². The molecular weight excluding hydrogens is 262 g/mol. The quantitative estimate of drug-likeness (QED) is 0.543. The summed E-state index contributed by atoms with van der Waals surface area (Å²) in [6.45, 7) is 0. The second-order valence-corrected chi connectivity index (χ2v) is 5.55. The van der Waals surface area contributed by atoms with E-state index in [2.05, 4.69) is 4.40 Å². The van der Waals surface area contributed by atoms with Crippen LogP contribution in [0, 0.1) is 22.7 Å². The van der Waals surface area contributed by atoms with Crippen LogP contribution in [0.4, 0.5) is 0 Å². The van der Waals surface area contributed by atoms with Crippen LogP contribution >= 0.6 is 21.8 Å². The second-order valence-electron chi connectivity index (χ2n) is 3.66. The molecule has 0 aliphatic carbocycles. The highest BCUT2D eigenvalue weighted by Gasteiger charge is 2.12. The molecule has 5 heteroatoms. The summed E-state index contributed by atoms with van der Waals surface area (Å²) in [4.78, 5) is 1.01. The van der Waals surface area contributed by atoms with E-state index in [4.69, 9.17) is 10.5 Å². The Bertz CT molecular complexity index is 841. The van der Waals surface area contributed by atoms with E-state index in [0.29, 0.717) is 5.22 Å². The van der Waals surface area contributed by atoms with E-state index in [1.807, 2.05) is 42.5 Å². The Hall–Kier alpha value is -1.95. The molecule has 0 radical (unpaired) electrons. The molecule has 1 aliphatic heterocycles. The zero-order chi connectivity index (χ0) is 12.5. The average Bonchev–Trinajstić information content (AvgIpc) is 2.88. The van der Waals surface area contributed by atoms with Crippen LogP contribution in [0.5, 0.6) is 0 Å². The summed E-state index contributed by atoms with van der Waals surface area (Å²) in [7, 11) is 2.97. The Morgan fingerprint density at radius 2 is 1.83 bits per heavy atom. The molecule has 0 aromatic heterocycles. The van der Waals surface area contributed by atoms with Crippen molar-refractivity contribution in [3.05, 3.63) is 40.9 Å². The van der Waals surface area contributed by atoms with Gasteiger partial charge in [0.2, 0.25) is 0 Å². The van der Waals surface area contributed by atoms with Crippen molar-refractivity contribution in [1.82, 2.24) is 0 Å². The number of hydrogen-bond acceptors (Lipinski definition) is 5. The Labute approximate surface area is 111 Å². The van der Waals surface area contributed by atoms with E-state index in [9.17, 15) is 0 Å². The fraction of sp³-hybridized carbons (Fsp3) is 0. The molecule has 84 valence electrons. The average molecular weight is 267 g/mol. The molecule has 0 saturated carbocycles. The van der Waals surface area contributed by atoms with Gasteiger partial charge in [-0.1, -0.05) is 24.3 Å². The van der Waals surface area contributed by atoms with Crippen molar-refractivity contribution in [3.63, 3.8) is 0 Å². The number of fused-ring (bicyclic) bond motifs is 3. The predicted molar refractivity (Wildman–Crippen MR) is 72.8 cm³/mol. The maximum absolute atomic E-state index is 9.04. The molecule has 3 rings (SSSR count). The van der Waals surface area contributed by atoms with Gasteiger partial charge < -0.3 is 0 Å². The lowest BCUT2D eigenvalue weighted by Crippen LogP contribution is -2.14. The highest BCUT2D eigenvalue weighted by Crippen LogP contribution is 2.34. The lowest BCUT2D eigenvalue weighted by molar-refractivity contribution is 1.34. The molecular formula is C13H5N3S2. The smallest absolute Gasteiger partial charge is 0.137 e. The van der Waals surface area contributed by atoms with Gasteiger partial charge in [-0.3, -0.25) is 0 Å². The van der Waals surface area contributed by atoms with Crippen LogP contribution in [0.15, 0.2) is 39.6 Å². The SMILES string of the molecule is N#CC(C#N)=c1cc2c(c3ccccc13)=NSS2. The Balaban J connectivity index is 2.65. The topological polar surface area (TPSA) is 59.9 Å². The minimum Gasteiger partial charge on any atom is -0.203 e. The van der Waals surface area contributed by atoms with Gasteiger partial charge in [-0.2, -0.15) is 10.5 Å². The fourth-order valence-corrected chi connectivity index (χ4v) is 3.74. The lowest BCUT2D eigenvalue weighted by atomic mass is 10.0. The van der Waals surface area contributed by atoms with Crippen molar-refractivity contribution in [2.75, 3.05) is 0 Å². The summed E-state index contributed by atoms with van der Waals surface area (Å²) in [5.74, 6) is 0. The van der Waals surface area contributed by atoms with Crippen LogP contribution in [0.25, 0.3) is 16.3 Å². The number of rotatable bonds is 0. The molecule has 0 unspecified atom stereocenters. The summed E-state index contributed by atoms with van der Waals surface area (Å²) in [5.41, 5.74) is 0.145. The third kappa shape index (κ3) is 1.57. The zero-order valence-electron chi connectivity index (χ0n) is 9.04. The van der Waals surface area contributed by atoms with Crippen molar-refractivity contribution in [3.8, 4) is 12.1 Å². The van der Waals surface area contributed by atoms with Crippen LogP contribution in [0.2, 0.25) is 0 Å². The van der Waals surface area contributed by atoms with Crippen molar-refractivity contribution in [2.24, 2.45) is 4.40 Å². The highest BCUT2D eigenvalue weighted by molar-refractivity contribution is 8.76. The second kappa shape index (κ2) is 4.38. The van der Waals surface area contributed by atoms with Gasteiger partial charge in [0.05, 0.1) is 5.36 Å². The molecule has 1 aliphatic rings. The molecule has 0 atom stereocenters. The summed E-state index contributed by atoms with van der Waals surface area (Å²) in [6.07, 6.45) is 0. The first-order chi connectivity index (χ1) is 8.85. The van der Waals surface area contributed by atoms with E-state index in [-0.39, 0.29) is 5.57 Å². The number of nitriles is 2. The van der Waals surface area contributed by atoms with Gasteiger partial charge in [-0.15, -0.1) is 0 Å². The zero-order valence-corrected chi connectivity index (χ0v) is 10.7. The van der Waals surface area contributed by atoms with E-state index in [1.54, 1.807) is 10.8 Å². The van der Waals surface area contributed by atoms with Gasteiger partial charge in [0.1, 0.15) is 17.7 Å². The first kappa shape index (κ1) is 11.2. The maximum Gasteiger partial charge on any atom is 0.137 e. The van der Waals surface area contributed by atoms with Gasteiger partial charge >= 0.3 is 0 Å². The van der Waals surface area contributed by atoms with Crippen molar-refractivity contribution >= 4 is 38.1 Å².